The first-order valence-electron chi connectivity index (χ1n) is 10.5. The molecule has 0 saturated heterocycles. The Morgan fingerprint density at radius 1 is 1.31 bits per heavy atom. The second kappa shape index (κ2) is 13.2. The average Bonchev–Trinajstić information content (AvgIpc) is 3.27. The molecule has 0 spiro atoms. The minimum atomic E-state index is -0.626. The van der Waals surface area contributed by atoms with Crippen molar-refractivity contribution in [3.8, 4) is 0 Å². The number of carboxylic acid groups (broad SMARTS) is 1. The Morgan fingerprint density at radius 2 is 2.09 bits per heavy atom. The number of aliphatic hydroxyl groups is 1. The molecule has 0 bridgehead atoms. The summed E-state index contributed by atoms with van der Waals surface area (Å²) >= 11 is 0. The Labute approximate surface area is 186 Å². The minimum Gasteiger partial charge on any atom is -0.483 e. The van der Waals surface area contributed by atoms with Gasteiger partial charge in [-0.05, 0) is 38.2 Å². The number of H-pyrrole nitrogens is 1. The molecule has 2 aromatic rings. The van der Waals surface area contributed by atoms with Crippen LogP contribution in [0.3, 0.4) is 0 Å². The molecule has 1 heterocycles. The number of aromatic amines is 1. The predicted octanol–water partition coefficient (Wildman–Crippen LogP) is 0.146. The lowest BCUT2D eigenvalue weighted by Crippen LogP contribution is -2.50. The third-order valence-corrected chi connectivity index (χ3v) is 5.24. The van der Waals surface area contributed by atoms with Gasteiger partial charge >= 0.3 is 0 Å². The van der Waals surface area contributed by atoms with E-state index in [0.717, 1.165) is 17.5 Å². The molecule has 1 fully saturated rings. The number of tetrazole rings is 1. The van der Waals surface area contributed by atoms with Gasteiger partial charge in [-0.3, -0.25) is 14.4 Å². The molecule has 1 aromatic heterocycles. The summed E-state index contributed by atoms with van der Waals surface area (Å²) < 4.78 is 0. The average molecular weight is 447 g/mol. The summed E-state index contributed by atoms with van der Waals surface area (Å²) in [7, 11) is 0. The van der Waals surface area contributed by atoms with Gasteiger partial charge in [0.05, 0.1) is 18.6 Å². The maximum absolute atomic E-state index is 12.5. The molecule has 11 heteroatoms. The second-order valence-electron chi connectivity index (χ2n) is 7.75. The lowest BCUT2D eigenvalue weighted by Gasteiger charge is -2.33. The van der Waals surface area contributed by atoms with E-state index in [1.54, 1.807) is 0 Å². The van der Waals surface area contributed by atoms with Crippen molar-refractivity contribution in [3.05, 3.63) is 41.2 Å². The molecule has 0 unspecified atom stereocenters. The van der Waals surface area contributed by atoms with Crippen molar-refractivity contribution in [3.63, 3.8) is 0 Å². The van der Waals surface area contributed by atoms with E-state index in [9.17, 15) is 14.7 Å². The number of hydrogen-bond acceptors (Lipinski definition) is 7. The second-order valence-corrected chi connectivity index (χ2v) is 7.75. The first kappa shape index (κ1) is 24.9. The monoisotopic (exact) mass is 446 g/mol. The highest BCUT2D eigenvalue weighted by Gasteiger charge is 2.33. The number of aliphatic hydroxyl groups excluding tert-OH is 1. The van der Waals surface area contributed by atoms with E-state index in [2.05, 4.69) is 31.3 Å². The van der Waals surface area contributed by atoms with Crippen LogP contribution < -0.4 is 10.6 Å². The van der Waals surface area contributed by atoms with Crippen LogP contribution in [0.2, 0.25) is 0 Å². The molecule has 1 aliphatic carbocycles. The fraction of sp³-hybridized carbons (Fsp3) is 0.524. The number of aryl methyl sites for hydroxylation is 2. The molecular weight excluding hydrogens is 416 g/mol. The summed E-state index contributed by atoms with van der Waals surface area (Å²) in [5.41, 5.74) is 2.03. The van der Waals surface area contributed by atoms with Crippen molar-refractivity contribution in [2.24, 2.45) is 5.92 Å². The van der Waals surface area contributed by atoms with Crippen LogP contribution in [0.1, 0.15) is 42.6 Å². The van der Waals surface area contributed by atoms with E-state index in [-0.39, 0.29) is 30.6 Å². The van der Waals surface area contributed by atoms with Crippen molar-refractivity contribution < 1.29 is 24.6 Å². The highest BCUT2D eigenvalue weighted by Crippen LogP contribution is 2.25. The molecule has 11 nitrogen and oxygen atoms in total. The molecule has 0 radical (unpaired) electrons. The van der Waals surface area contributed by atoms with Crippen LogP contribution in [-0.4, -0.2) is 67.8 Å². The first-order chi connectivity index (χ1) is 15.4. The first-order valence-corrected chi connectivity index (χ1v) is 10.5. The fourth-order valence-corrected chi connectivity index (χ4v) is 3.70. The molecule has 2 amide bonds. The highest BCUT2D eigenvalue weighted by atomic mass is 16.3. The fourth-order valence-electron chi connectivity index (χ4n) is 3.70. The van der Waals surface area contributed by atoms with E-state index in [1.807, 2.05) is 31.2 Å². The number of amides is 2. The lowest BCUT2D eigenvalue weighted by molar-refractivity contribution is -0.129. The van der Waals surface area contributed by atoms with Crippen molar-refractivity contribution in [2.75, 3.05) is 6.54 Å². The standard InChI is InChI=1S/C20H28N6O3.CH2O2/c1-13-4-2-5-14(10-13)11-19(28)22-16-12-15(7-8-17(16)27)20(29)21-9-3-6-18-23-25-26-24-18;2-1-3/h2,4-5,10,15-17,27H,3,6-9,11-12H2,1H3,(H,21,29)(H,22,28)(H,23,24,25,26);1H,(H,2,3)/t15-,16+,17+;/m0./s1. The molecule has 32 heavy (non-hydrogen) atoms. The van der Waals surface area contributed by atoms with E-state index < -0.39 is 12.1 Å². The van der Waals surface area contributed by atoms with Gasteiger partial charge in [0.2, 0.25) is 11.8 Å². The normalized spacial score (nSPS) is 19.9. The number of nitrogens with zero attached hydrogens (tertiary/aromatic N) is 3. The largest absolute Gasteiger partial charge is 0.483 e. The number of rotatable bonds is 8. The summed E-state index contributed by atoms with van der Waals surface area (Å²) in [6.07, 6.45) is 2.54. The van der Waals surface area contributed by atoms with E-state index >= 15 is 0 Å². The molecule has 3 atom stereocenters. The summed E-state index contributed by atoms with van der Waals surface area (Å²) in [5.74, 6) is 0.230. The van der Waals surface area contributed by atoms with Crippen molar-refractivity contribution >= 4 is 18.3 Å². The zero-order chi connectivity index (χ0) is 23.3. The van der Waals surface area contributed by atoms with E-state index in [1.165, 1.54) is 0 Å². The zero-order valence-corrected chi connectivity index (χ0v) is 18.0. The Morgan fingerprint density at radius 3 is 2.78 bits per heavy atom. The van der Waals surface area contributed by atoms with Gasteiger partial charge in [0.25, 0.3) is 6.47 Å². The van der Waals surface area contributed by atoms with Crippen molar-refractivity contribution in [1.82, 2.24) is 31.3 Å². The Hall–Kier alpha value is -3.34. The quantitative estimate of drug-likeness (QED) is 0.282. The maximum Gasteiger partial charge on any atom is 0.290 e. The number of hydrogen-bond donors (Lipinski definition) is 5. The number of carbonyl (C=O) groups is 3. The van der Waals surface area contributed by atoms with Gasteiger partial charge in [0.15, 0.2) is 5.82 Å². The summed E-state index contributed by atoms with van der Waals surface area (Å²) in [5, 5.41) is 36.7. The minimum absolute atomic E-state index is 0.0389. The van der Waals surface area contributed by atoms with Gasteiger partial charge in [-0.25, -0.2) is 0 Å². The lowest BCUT2D eigenvalue weighted by atomic mass is 9.83. The van der Waals surface area contributed by atoms with Crippen molar-refractivity contribution in [1.29, 1.82) is 0 Å². The molecular formula is C21H30N6O5. The van der Waals surface area contributed by atoms with Gasteiger partial charge in [-0.1, -0.05) is 35.0 Å². The third kappa shape index (κ3) is 8.42. The van der Waals surface area contributed by atoms with Gasteiger partial charge < -0.3 is 20.8 Å². The summed E-state index contributed by atoms with van der Waals surface area (Å²) in [6, 6.07) is 7.39. The van der Waals surface area contributed by atoms with Gasteiger partial charge in [-0.2, -0.15) is 5.21 Å². The van der Waals surface area contributed by atoms with Gasteiger partial charge in [0.1, 0.15) is 0 Å². The van der Waals surface area contributed by atoms with Crippen LogP contribution >= 0.6 is 0 Å². The molecule has 174 valence electrons. The molecule has 1 aliphatic rings. The summed E-state index contributed by atoms with van der Waals surface area (Å²) in [6.45, 7) is 2.26. The Kier molecular flexibility index (Phi) is 10.2. The van der Waals surface area contributed by atoms with Crippen molar-refractivity contribution in [2.45, 2.75) is 57.6 Å². The van der Waals surface area contributed by atoms with Gasteiger partial charge in [-0.15, -0.1) is 10.2 Å². The van der Waals surface area contributed by atoms with Crippen LogP contribution in [0, 0.1) is 12.8 Å². The number of carbonyl (C=O) groups excluding carboxylic acids is 2. The molecule has 0 aliphatic heterocycles. The van der Waals surface area contributed by atoms with Crippen LogP contribution in [0.15, 0.2) is 24.3 Å². The Balaban J connectivity index is 0.00000114. The number of nitrogens with one attached hydrogen (secondary N) is 3. The predicted molar refractivity (Wildman–Crippen MR) is 114 cm³/mol. The highest BCUT2D eigenvalue weighted by molar-refractivity contribution is 5.80. The molecule has 1 aromatic carbocycles. The number of aromatic nitrogens is 4. The zero-order valence-electron chi connectivity index (χ0n) is 18.0. The SMILES string of the molecule is Cc1cccc(CC(=O)N[C@@H]2C[C@@H](C(=O)NCCCc3nn[nH]n3)CC[C@H]2O)c1.O=CO. The Bertz CT molecular complexity index is 860. The van der Waals surface area contributed by atoms with Crippen LogP contribution in [0.25, 0.3) is 0 Å². The maximum atomic E-state index is 12.5. The van der Waals surface area contributed by atoms with Crippen LogP contribution in [0.5, 0.6) is 0 Å². The van der Waals surface area contributed by atoms with E-state index in [4.69, 9.17) is 9.90 Å². The smallest absolute Gasteiger partial charge is 0.290 e. The van der Waals surface area contributed by atoms with Crippen LogP contribution in [0.4, 0.5) is 0 Å². The van der Waals surface area contributed by atoms with Gasteiger partial charge in [0, 0.05) is 18.9 Å². The molecule has 3 rings (SSSR count). The molecule has 5 N–H and O–H groups in total. The number of benzene rings is 1. The molecule has 1 saturated carbocycles. The van der Waals surface area contributed by atoms with E-state index in [0.29, 0.717) is 38.1 Å². The summed E-state index contributed by atoms with van der Waals surface area (Å²) in [4.78, 5) is 33.2. The topological polar surface area (TPSA) is 170 Å². The third-order valence-electron chi connectivity index (χ3n) is 5.24. The van der Waals surface area contributed by atoms with Crippen LogP contribution in [-0.2, 0) is 27.2 Å².